The molecule has 0 N–H and O–H groups in total. The van der Waals surface area contributed by atoms with Crippen molar-refractivity contribution in [1.29, 1.82) is 0 Å². The first-order chi connectivity index (χ1) is 3.27. The fourth-order valence-corrected chi connectivity index (χ4v) is 0.444. The van der Waals surface area contributed by atoms with Gasteiger partial charge in [0.25, 0.3) is 0 Å². The second-order valence-corrected chi connectivity index (χ2v) is 2.07. The van der Waals surface area contributed by atoms with Crippen LogP contribution < -0.4 is 0 Å². The standard InChI is InChI=1S/C5H7BrO/c1-2-3-4-5(6)7/h2H,1,3-4H2. The Hall–Kier alpha value is -0.110. The van der Waals surface area contributed by atoms with Crippen LogP contribution in [0.1, 0.15) is 12.8 Å². The van der Waals surface area contributed by atoms with Gasteiger partial charge in [-0.3, -0.25) is 4.79 Å². The lowest BCUT2D eigenvalue weighted by molar-refractivity contribution is -0.110. The lowest BCUT2D eigenvalue weighted by atomic mass is 10.3. The molecule has 0 aromatic heterocycles. The highest BCUT2D eigenvalue weighted by atomic mass is 79.9. The summed E-state index contributed by atoms with van der Waals surface area (Å²) in [6.07, 6.45) is 3.05. The van der Waals surface area contributed by atoms with E-state index in [1.807, 2.05) is 0 Å². The number of halogens is 1. The average Bonchev–Trinajstić information content (AvgIpc) is 1.61. The highest BCUT2D eigenvalue weighted by Gasteiger charge is 1.88. The van der Waals surface area contributed by atoms with E-state index < -0.39 is 0 Å². The molecule has 0 bridgehead atoms. The van der Waals surface area contributed by atoms with Gasteiger partial charge >= 0.3 is 0 Å². The predicted octanol–water partition coefficient (Wildman–Crippen LogP) is 1.87. The second-order valence-electron chi connectivity index (χ2n) is 1.18. The largest absolute Gasteiger partial charge is 0.287 e. The minimum atomic E-state index is 0.0485. The maximum atomic E-state index is 10.1. The number of carbonyl (C=O) groups excluding carboxylic acids is 1. The van der Waals surface area contributed by atoms with Crippen LogP contribution in [0.25, 0.3) is 0 Å². The SMILES string of the molecule is C=CCCC(=O)Br. The Morgan fingerprint density at radius 1 is 1.86 bits per heavy atom. The Morgan fingerprint density at radius 3 is 2.57 bits per heavy atom. The first-order valence-electron chi connectivity index (χ1n) is 2.06. The molecule has 0 amide bonds. The smallest absolute Gasteiger partial charge is 0.198 e. The first kappa shape index (κ1) is 6.89. The fourth-order valence-electron chi connectivity index (χ4n) is 0.216. The first-order valence-corrected chi connectivity index (χ1v) is 2.86. The Kier molecular flexibility index (Phi) is 4.00. The Bertz CT molecular complexity index is 78.1. The molecule has 0 radical (unpaired) electrons. The van der Waals surface area contributed by atoms with Crippen LogP contribution in [0.4, 0.5) is 0 Å². The van der Waals surface area contributed by atoms with Gasteiger partial charge in [-0.15, -0.1) is 6.58 Å². The summed E-state index contributed by atoms with van der Waals surface area (Å²) in [7, 11) is 0. The molecule has 0 rings (SSSR count). The highest BCUT2D eigenvalue weighted by Crippen LogP contribution is 1.95. The fraction of sp³-hybridized carbons (Fsp3) is 0.400. The summed E-state index contributed by atoms with van der Waals surface area (Å²) < 4.78 is 0.0485. The van der Waals surface area contributed by atoms with Gasteiger partial charge in [0.1, 0.15) is 0 Å². The van der Waals surface area contributed by atoms with Crippen molar-refractivity contribution < 1.29 is 4.79 Å². The van der Waals surface area contributed by atoms with E-state index in [0.717, 1.165) is 6.42 Å². The van der Waals surface area contributed by atoms with Gasteiger partial charge in [-0.2, -0.15) is 0 Å². The molecule has 0 fully saturated rings. The quantitative estimate of drug-likeness (QED) is 0.458. The number of rotatable bonds is 3. The van der Waals surface area contributed by atoms with Gasteiger partial charge in [0, 0.05) is 6.42 Å². The molecule has 0 aliphatic carbocycles. The van der Waals surface area contributed by atoms with Crippen molar-refractivity contribution in [2.24, 2.45) is 0 Å². The van der Waals surface area contributed by atoms with Crippen molar-refractivity contribution in [3.63, 3.8) is 0 Å². The van der Waals surface area contributed by atoms with Gasteiger partial charge in [0.15, 0.2) is 4.69 Å². The molecular formula is C5H7BrO. The van der Waals surface area contributed by atoms with Crippen molar-refractivity contribution in [2.45, 2.75) is 12.8 Å². The zero-order valence-electron chi connectivity index (χ0n) is 3.98. The summed E-state index contributed by atoms with van der Waals surface area (Å²) in [5.41, 5.74) is 0. The van der Waals surface area contributed by atoms with Gasteiger partial charge in [0.05, 0.1) is 0 Å². The summed E-state index contributed by atoms with van der Waals surface area (Å²) in [6, 6.07) is 0. The molecule has 1 nitrogen and oxygen atoms in total. The molecule has 0 spiro atoms. The van der Waals surface area contributed by atoms with E-state index in [2.05, 4.69) is 22.5 Å². The predicted molar refractivity (Wildman–Crippen MR) is 33.4 cm³/mol. The lowest BCUT2D eigenvalue weighted by Gasteiger charge is -1.80. The Labute approximate surface area is 51.5 Å². The third kappa shape index (κ3) is 5.89. The monoisotopic (exact) mass is 162 g/mol. The summed E-state index contributed by atoms with van der Waals surface area (Å²) in [6.45, 7) is 3.46. The summed E-state index contributed by atoms with van der Waals surface area (Å²) in [5, 5.41) is 0. The topological polar surface area (TPSA) is 17.1 Å². The van der Waals surface area contributed by atoms with E-state index in [9.17, 15) is 4.79 Å². The van der Waals surface area contributed by atoms with E-state index in [-0.39, 0.29) is 4.69 Å². The van der Waals surface area contributed by atoms with Crippen LogP contribution in [-0.4, -0.2) is 4.69 Å². The van der Waals surface area contributed by atoms with Crippen LogP contribution in [0.5, 0.6) is 0 Å². The summed E-state index contributed by atoms with van der Waals surface area (Å²) >= 11 is 2.79. The molecule has 0 atom stereocenters. The molecule has 0 unspecified atom stereocenters. The van der Waals surface area contributed by atoms with Crippen LogP contribution in [0.2, 0.25) is 0 Å². The molecule has 0 aromatic rings. The van der Waals surface area contributed by atoms with Crippen molar-refractivity contribution in [3.05, 3.63) is 12.7 Å². The van der Waals surface area contributed by atoms with Gasteiger partial charge in [-0.1, -0.05) is 6.08 Å². The molecule has 0 aromatic carbocycles. The molecule has 0 heterocycles. The second kappa shape index (κ2) is 4.06. The van der Waals surface area contributed by atoms with Crippen LogP contribution >= 0.6 is 15.9 Å². The number of hydrogen-bond acceptors (Lipinski definition) is 1. The number of carbonyl (C=O) groups is 1. The van der Waals surface area contributed by atoms with Crippen molar-refractivity contribution in [1.82, 2.24) is 0 Å². The van der Waals surface area contributed by atoms with Crippen LogP contribution in [0.3, 0.4) is 0 Å². The molecule has 2 heteroatoms. The molecule has 0 saturated heterocycles. The van der Waals surface area contributed by atoms with E-state index >= 15 is 0 Å². The zero-order valence-corrected chi connectivity index (χ0v) is 5.57. The van der Waals surface area contributed by atoms with Gasteiger partial charge in [0.2, 0.25) is 0 Å². The van der Waals surface area contributed by atoms with E-state index in [4.69, 9.17) is 0 Å². The van der Waals surface area contributed by atoms with Crippen LogP contribution in [0, 0.1) is 0 Å². The van der Waals surface area contributed by atoms with Crippen molar-refractivity contribution >= 4 is 20.6 Å². The van der Waals surface area contributed by atoms with Gasteiger partial charge in [-0.25, -0.2) is 0 Å². The van der Waals surface area contributed by atoms with Gasteiger partial charge in [-0.05, 0) is 22.4 Å². The minimum absolute atomic E-state index is 0.0485. The average molecular weight is 163 g/mol. The molecule has 0 aliphatic heterocycles. The third-order valence-electron chi connectivity index (χ3n) is 0.545. The molecule has 7 heavy (non-hydrogen) atoms. The van der Waals surface area contributed by atoms with Crippen molar-refractivity contribution in [2.75, 3.05) is 0 Å². The Balaban J connectivity index is 2.97. The van der Waals surface area contributed by atoms with E-state index in [1.165, 1.54) is 0 Å². The molecule has 40 valence electrons. The maximum Gasteiger partial charge on any atom is 0.198 e. The maximum absolute atomic E-state index is 10.1. The Morgan fingerprint density at radius 2 is 2.43 bits per heavy atom. The van der Waals surface area contributed by atoms with E-state index in [0.29, 0.717) is 6.42 Å². The van der Waals surface area contributed by atoms with Crippen LogP contribution in [0.15, 0.2) is 12.7 Å². The molecular weight excluding hydrogens is 156 g/mol. The van der Waals surface area contributed by atoms with Gasteiger partial charge < -0.3 is 0 Å². The lowest BCUT2D eigenvalue weighted by Crippen LogP contribution is -1.79. The minimum Gasteiger partial charge on any atom is -0.287 e. The normalized spacial score (nSPS) is 8.14. The molecule has 0 aliphatic rings. The summed E-state index contributed by atoms with van der Waals surface area (Å²) in [4.78, 5) is 10.1. The van der Waals surface area contributed by atoms with E-state index in [1.54, 1.807) is 6.08 Å². The van der Waals surface area contributed by atoms with Crippen LogP contribution in [-0.2, 0) is 4.79 Å². The third-order valence-corrected chi connectivity index (χ3v) is 0.942. The highest BCUT2D eigenvalue weighted by molar-refractivity contribution is 9.18. The number of hydrogen-bond donors (Lipinski definition) is 0. The van der Waals surface area contributed by atoms with Crippen molar-refractivity contribution in [3.8, 4) is 0 Å². The number of allylic oxidation sites excluding steroid dienone is 1. The summed E-state index contributed by atoms with van der Waals surface area (Å²) in [5.74, 6) is 0. The molecule has 0 saturated carbocycles. The zero-order chi connectivity index (χ0) is 5.70.